The number of likely N-dealkylation sites (N-methyl/N-ethyl adjacent to an activating group) is 2. The van der Waals surface area contributed by atoms with Crippen molar-refractivity contribution >= 4 is 5.97 Å². The van der Waals surface area contributed by atoms with E-state index in [0.29, 0.717) is 6.61 Å². The van der Waals surface area contributed by atoms with Crippen molar-refractivity contribution in [3.05, 3.63) is 30.1 Å². The third kappa shape index (κ3) is 6.12. The molecule has 1 atom stereocenters. The van der Waals surface area contributed by atoms with Gasteiger partial charge in [-0.15, -0.1) is 0 Å². The van der Waals surface area contributed by atoms with Crippen molar-refractivity contribution in [2.24, 2.45) is 0 Å². The second-order valence-corrected chi connectivity index (χ2v) is 4.76. The van der Waals surface area contributed by atoms with Gasteiger partial charge >= 0.3 is 5.97 Å². The number of hydrogen-bond donors (Lipinski definition) is 1. The molecule has 112 valence electrons. The molecule has 0 bridgehead atoms. The van der Waals surface area contributed by atoms with Crippen molar-refractivity contribution < 1.29 is 9.53 Å². The van der Waals surface area contributed by atoms with E-state index in [4.69, 9.17) is 4.74 Å². The number of aromatic nitrogens is 1. The number of nitrogens with zero attached hydrogens (tertiary/aromatic N) is 2. The fraction of sp³-hybridized carbons (Fsp3) is 0.600. The van der Waals surface area contributed by atoms with Crippen molar-refractivity contribution in [1.29, 1.82) is 0 Å². The van der Waals surface area contributed by atoms with Crippen LogP contribution in [0.2, 0.25) is 0 Å². The van der Waals surface area contributed by atoms with Gasteiger partial charge in [0.25, 0.3) is 0 Å². The number of hydrogen-bond acceptors (Lipinski definition) is 5. The third-order valence-electron chi connectivity index (χ3n) is 3.19. The molecule has 0 aliphatic rings. The molecule has 0 aliphatic carbocycles. The van der Waals surface area contributed by atoms with Crippen LogP contribution in [0.3, 0.4) is 0 Å². The first-order valence-corrected chi connectivity index (χ1v) is 7.09. The molecule has 1 heterocycles. The Morgan fingerprint density at radius 1 is 1.45 bits per heavy atom. The van der Waals surface area contributed by atoms with E-state index < -0.39 is 0 Å². The molecule has 5 heteroatoms. The summed E-state index contributed by atoms with van der Waals surface area (Å²) in [5, 5.41) is 3.00. The van der Waals surface area contributed by atoms with Crippen molar-refractivity contribution in [2.75, 3.05) is 33.8 Å². The first-order chi connectivity index (χ1) is 9.67. The predicted molar refractivity (Wildman–Crippen MR) is 79.5 cm³/mol. The third-order valence-corrected chi connectivity index (χ3v) is 3.19. The molecule has 1 aromatic rings. The molecule has 1 rings (SSSR count). The highest BCUT2D eigenvalue weighted by molar-refractivity contribution is 5.75. The zero-order chi connectivity index (χ0) is 14.8. The number of pyridine rings is 1. The summed E-state index contributed by atoms with van der Waals surface area (Å²) in [6.45, 7) is 4.02. The minimum absolute atomic E-state index is 0.173. The molecule has 0 saturated carbocycles. The van der Waals surface area contributed by atoms with E-state index in [1.54, 1.807) is 7.05 Å². The number of carbonyl (C=O) groups excluding carboxylic acids is 1. The average Bonchev–Trinajstić information content (AvgIpc) is 2.47. The number of rotatable bonds is 9. The molecule has 0 saturated heterocycles. The normalized spacial score (nSPS) is 12.4. The van der Waals surface area contributed by atoms with Crippen LogP contribution in [-0.4, -0.2) is 55.7 Å². The predicted octanol–water partition coefficient (Wildman–Crippen LogP) is 1.10. The quantitative estimate of drug-likeness (QED) is 0.686. The van der Waals surface area contributed by atoms with Gasteiger partial charge < -0.3 is 15.0 Å². The average molecular weight is 279 g/mol. The number of esters is 1. The minimum Gasteiger partial charge on any atom is -0.465 e. The van der Waals surface area contributed by atoms with Gasteiger partial charge in [0, 0.05) is 24.9 Å². The summed E-state index contributed by atoms with van der Waals surface area (Å²) in [6, 6.07) is 5.72. The standard InChI is InChI=1S/C15H25N3O2/c1-4-20-15(19)14(16-2)9-12-18(3)11-8-13-7-5-6-10-17-13/h5-7,10,14,16H,4,8-9,11-12H2,1-3H3. The monoisotopic (exact) mass is 279 g/mol. The maximum absolute atomic E-state index is 11.7. The van der Waals surface area contributed by atoms with Crippen LogP contribution in [0.4, 0.5) is 0 Å². The van der Waals surface area contributed by atoms with Crippen LogP contribution in [-0.2, 0) is 16.0 Å². The summed E-state index contributed by atoms with van der Waals surface area (Å²) in [7, 11) is 3.84. The Hall–Kier alpha value is -1.46. The highest BCUT2D eigenvalue weighted by Crippen LogP contribution is 2.00. The first kappa shape index (κ1) is 16.6. The molecule has 0 radical (unpaired) electrons. The molecule has 5 nitrogen and oxygen atoms in total. The molecular weight excluding hydrogens is 254 g/mol. The molecule has 1 unspecified atom stereocenters. The molecule has 1 N–H and O–H groups in total. The largest absolute Gasteiger partial charge is 0.465 e. The van der Waals surface area contributed by atoms with E-state index in [1.807, 2.05) is 31.3 Å². The lowest BCUT2D eigenvalue weighted by Crippen LogP contribution is -2.38. The van der Waals surface area contributed by atoms with Crippen LogP contribution in [0, 0.1) is 0 Å². The molecule has 0 spiro atoms. The fourth-order valence-corrected chi connectivity index (χ4v) is 1.94. The topological polar surface area (TPSA) is 54.5 Å². The summed E-state index contributed by atoms with van der Waals surface area (Å²) in [4.78, 5) is 18.2. The Kier molecular flexibility index (Phi) is 7.84. The summed E-state index contributed by atoms with van der Waals surface area (Å²) in [6.07, 6.45) is 3.47. The van der Waals surface area contributed by atoms with Crippen LogP contribution in [0.15, 0.2) is 24.4 Å². The van der Waals surface area contributed by atoms with Crippen LogP contribution >= 0.6 is 0 Å². The molecule has 1 aromatic heterocycles. The Morgan fingerprint density at radius 3 is 2.85 bits per heavy atom. The minimum atomic E-state index is -0.229. The highest BCUT2D eigenvalue weighted by atomic mass is 16.5. The van der Waals surface area contributed by atoms with Gasteiger partial charge in [-0.25, -0.2) is 0 Å². The smallest absolute Gasteiger partial charge is 0.323 e. The van der Waals surface area contributed by atoms with Crippen molar-refractivity contribution in [3.63, 3.8) is 0 Å². The van der Waals surface area contributed by atoms with Gasteiger partial charge in [-0.2, -0.15) is 0 Å². The second kappa shape index (κ2) is 9.44. The molecule has 0 amide bonds. The zero-order valence-corrected chi connectivity index (χ0v) is 12.6. The van der Waals surface area contributed by atoms with Crippen molar-refractivity contribution in [3.8, 4) is 0 Å². The summed E-state index contributed by atoms with van der Waals surface area (Å²) >= 11 is 0. The van der Waals surface area contributed by atoms with Gasteiger partial charge in [0.2, 0.25) is 0 Å². The number of nitrogens with one attached hydrogen (secondary N) is 1. The Morgan fingerprint density at radius 2 is 2.25 bits per heavy atom. The molecule has 0 fully saturated rings. The van der Waals surface area contributed by atoms with Crippen LogP contribution in [0.1, 0.15) is 19.0 Å². The van der Waals surface area contributed by atoms with Gasteiger partial charge in [0.05, 0.1) is 6.61 Å². The molecule has 20 heavy (non-hydrogen) atoms. The van der Waals surface area contributed by atoms with Gasteiger partial charge in [-0.3, -0.25) is 9.78 Å². The summed E-state index contributed by atoms with van der Waals surface area (Å²) < 4.78 is 5.03. The Balaban J connectivity index is 2.27. The van der Waals surface area contributed by atoms with Crippen LogP contribution in [0.5, 0.6) is 0 Å². The van der Waals surface area contributed by atoms with E-state index in [0.717, 1.165) is 31.6 Å². The maximum Gasteiger partial charge on any atom is 0.323 e. The van der Waals surface area contributed by atoms with E-state index in [1.165, 1.54) is 0 Å². The Labute approximate surface area is 121 Å². The van der Waals surface area contributed by atoms with Gasteiger partial charge in [-0.1, -0.05) is 6.07 Å². The fourth-order valence-electron chi connectivity index (χ4n) is 1.94. The van der Waals surface area contributed by atoms with Crippen molar-refractivity contribution in [1.82, 2.24) is 15.2 Å². The van der Waals surface area contributed by atoms with Crippen molar-refractivity contribution in [2.45, 2.75) is 25.8 Å². The number of carbonyl (C=O) groups is 1. The number of ether oxygens (including phenoxy) is 1. The lowest BCUT2D eigenvalue weighted by atomic mass is 10.2. The lowest BCUT2D eigenvalue weighted by Gasteiger charge is -2.20. The van der Waals surface area contributed by atoms with Crippen LogP contribution < -0.4 is 5.32 Å². The van der Waals surface area contributed by atoms with Gasteiger partial charge in [-0.05, 0) is 46.1 Å². The summed E-state index contributed by atoms with van der Waals surface area (Å²) in [5.41, 5.74) is 1.09. The second-order valence-electron chi connectivity index (χ2n) is 4.76. The van der Waals surface area contributed by atoms with Gasteiger partial charge in [0.15, 0.2) is 0 Å². The van der Waals surface area contributed by atoms with Crippen LogP contribution in [0.25, 0.3) is 0 Å². The Bertz CT molecular complexity index is 384. The summed E-state index contributed by atoms with van der Waals surface area (Å²) in [5.74, 6) is -0.173. The van der Waals surface area contributed by atoms with E-state index in [-0.39, 0.29) is 12.0 Å². The van der Waals surface area contributed by atoms with Gasteiger partial charge in [0.1, 0.15) is 6.04 Å². The molecule has 0 aromatic carbocycles. The van der Waals surface area contributed by atoms with E-state index >= 15 is 0 Å². The first-order valence-electron chi connectivity index (χ1n) is 7.09. The van der Waals surface area contributed by atoms with E-state index in [9.17, 15) is 4.79 Å². The van der Waals surface area contributed by atoms with E-state index in [2.05, 4.69) is 22.2 Å². The SMILES string of the molecule is CCOC(=O)C(CCN(C)CCc1ccccn1)NC. The molecule has 0 aliphatic heterocycles. The maximum atomic E-state index is 11.7. The highest BCUT2D eigenvalue weighted by Gasteiger charge is 2.17. The lowest BCUT2D eigenvalue weighted by molar-refractivity contribution is -0.145. The molecular formula is C15H25N3O2. The zero-order valence-electron chi connectivity index (χ0n) is 12.6.